The number of thioether (sulfide) groups is 1. The zero-order valence-electron chi connectivity index (χ0n) is 18.8. The lowest BCUT2D eigenvalue weighted by molar-refractivity contribution is -0.128. The Balaban J connectivity index is 1.47. The van der Waals surface area contributed by atoms with Crippen LogP contribution in [-0.4, -0.2) is 23.6 Å². The van der Waals surface area contributed by atoms with Crippen LogP contribution in [0.25, 0.3) is 0 Å². The molecule has 0 bridgehead atoms. The Bertz CT molecular complexity index is 1150. The summed E-state index contributed by atoms with van der Waals surface area (Å²) in [5.74, 6) is -1.21. The van der Waals surface area contributed by atoms with Gasteiger partial charge in [-0.3, -0.25) is 9.59 Å². The Kier molecular flexibility index (Phi) is 7.14. The number of halogens is 1. The Morgan fingerprint density at radius 1 is 1.06 bits per heavy atom. The highest BCUT2D eigenvalue weighted by atomic mass is 32.2. The number of anilines is 1. The first-order valence-electron chi connectivity index (χ1n) is 11.1. The number of aryl methyl sites for hydroxylation is 1. The summed E-state index contributed by atoms with van der Waals surface area (Å²) in [7, 11) is 0. The van der Waals surface area contributed by atoms with E-state index in [-0.39, 0.29) is 24.2 Å². The van der Waals surface area contributed by atoms with Crippen LogP contribution in [0.4, 0.5) is 10.1 Å². The SMILES string of the molecule is Cc1ccc(CCNC(=O)C(C)C2Sc3ccccc3N(Cc3ccccc3F)C2=O)cc1. The van der Waals surface area contributed by atoms with E-state index in [2.05, 4.69) is 29.6 Å². The fraction of sp³-hybridized carbons (Fsp3) is 0.259. The minimum atomic E-state index is -0.578. The van der Waals surface area contributed by atoms with Crippen molar-refractivity contribution in [1.29, 1.82) is 0 Å². The number of nitrogens with zero attached hydrogens (tertiary/aromatic N) is 1. The lowest BCUT2D eigenvalue weighted by Gasteiger charge is -2.35. The van der Waals surface area contributed by atoms with Crippen LogP contribution in [0, 0.1) is 18.7 Å². The average Bonchev–Trinajstić information content (AvgIpc) is 2.82. The van der Waals surface area contributed by atoms with Crippen molar-refractivity contribution in [2.45, 2.75) is 37.0 Å². The van der Waals surface area contributed by atoms with E-state index in [1.807, 2.05) is 31.2 Å². The van der Waals surface area contributed by atoms with Crippen molar-refractivity contribution >= 4 is 29.3 Å². The third kappa shape index (κ3) is 5.28. The molecule has 4 rings (SSSR count). The molecule has 0 saturated heterocycles. The van der Waals surface area contributed by atoms with E-state index in [0.29, 0.717) is 12.1 Å². The van der Waals surface area contributed by atoms with Gasteiger partial charge in [0.25, 0.3) is 0 Å². The van der Waals surface area contributed by atoms with Crippen molar-refractivity contribution in [2.75, 3.05) is 11.4 Å². The number of carbonyl (C=O) groups is 2. The number of nitrogens with one attached hydrogen (secondary N) is 1. The van der Waals surface area contributed by atoms with Gasteiger partial charge in [-0.15, -0.1) is 11.8 Å². The molecule has 2 amide bonds. The van der Waals surface area contributed by atoms with Gasteiger partial charge in [0.05, 0.1) is 18.2 Å². The van der Waals surface area contributed by atoms with Gasteiger partial charge in [0.1, 0.15) is 11.1 Å². The van der Waals surface area contributed by atoms with Crippen LogP contribution in [-0.2, 0) is 22.6 Å². The zero-order valence-corrected chi connectivity index (χ0v) is 19.6. The molecule has 1 heterocycles. The van der Waals surface area contributed by atoms with Gasteiger partial charge < -0.3 is 10.2 Å². The summed E-state index contributed by atoms with van der Waals surface area (Å²) in [4.78, 5) is 28.9. The summed E-state index contributed by atoms with van der Waals surface area (Å²) in [6.45, 7) is 4.46. The van der Waals surface area contributed by atoms with Gasteiger partial charge in [0.15, 0.2) is 0 Å². The van der Waals surface area contributed by atoms with Crippen LogP contribution in [0.2, 0.25) is 0 Å². The van der Waals surface area contributed by atoms with Gasteiger partial charge in [0, 0.05) is 17.0 Å². The van der Waals surface area contributed by atoms with Crippen molar-refractivity contribution < 1.29 is 14.0 Å². The molecule has 0 aliphatic carbocycles. The lowest BCUT2D eigenvalue weighted by Crippen LogP contribution is -2.47. The van der Waals surface area contributed by atoms with Crippen molar-refractivity contribution in [3.63, 3.8) is 0 Å². The maximum absolute atomic E-state index is 14.3. The quantitative estimate of drug-likeness (QED) is 0.529. The van der Waals surface area contributed by atoms with E-state index in [9.17, 15) is 14.0 Å². The molecule has 0 aromatic heterocycles. The third-order valence-electron chi connectivity index (χ3n) is 5.91. The van der Waals surface area contributed by atoms with Gasteiger partial charge in [-0.1, -0.05) is 67.1 Å². The predicted molar refractivity (Wildman–Crippen MR) is 131 cm³/mol. The molecule has 33 heavy (non-hydrogen) atoms. The highest BCUT2D eigenvalue weighted by Gasteiger charge is 2.39. The van der Waals surface area contributed by atoms with Gasteiger partial charge in [-0.05, 0) is 37.1 Å². The number of hydrogen-bond donors (Lipinski definition) is 1. The van der Waals surface area contributed by atoms with Crippen LogP contribution in [0.5, 0.6) is 0 Å². The molecular weight excluding hydrogens is 435 g/mol. The third-order valence-corrected chi connectivity index (χ3v) is 7.37. The van der Waals surface area contributed by atoms with Gasteiger partial charge >= 0.3 is 0 Å². The molecule has 6 heteroatoms. The highest BCUT2D eigenvalue weighted by molar-refractivity contribution is 8.01. The molecule has 1 aliphatic rings. The number of rotatable bonds is 7. The van der Waals surface area contributed by atoms with Crippen LogP contribution in [0.1, 0.15) is 23.6 Å². The highest BCUT2D eigenvalue weighted by Crippen LogP contribution is 2.42. The van der Waals surface area contributed by atoms with E-state index in [4.69, 9.17) is 0 Å². The maximum Gasteiger partial charge on any atom is 0.241 e. The molecule has 0 saturated carbocycles. The maximum atomic E-state index is 14.3. The summed E-state index contributed by atoms with van der Waals surface area (Å²) in [5.41, 5.74) is 3.55. The number of carbonyl (C=O) groups excluding carboxylic acids is 2. The number of amides is 2. The summed E-state index contributed by atoms with van der Waals surface area (Å²) in [6, 6.07) is 22.3. The molecule has 0 spiro atoms. The molecule has 4 nitrogen and oxygen atoms in total. The molecule has 1 aliphatic heterocycles. The van der Waals surface area contributed by atoms with Gasteiger partial charge in [-0.25, -0.2) is 4.39 Å². The molecule has 0 fully saturated rings. The normalized spacial score (nSPS) is 16.3. The molecule has 0 radical (unpaired) electrons. The summed E-state index contributed by atoms with van der Waals surface area (Å²) in [6.07, 6.45) is 0.729. The van der Waals surface area contributed by atoms with Crippen molar-refractivity contribution in [3.05, 3.63) is 95.3 Å². The standard InChI is InChI=1S/C27H27FN2O2S/c1-18-11-13-20(14-12-18)15-16-29-26(31)19(2)25-27(32)30(17-21-7-3-4-8-22(21)28)23-9-5-6-10-24(23)33-25/h3-14,19,25H,15-17H2,1-2H3,(H,29,31). The van der Waals surface area contributed by atoms with Gasteiger partial charge in [-0.2, -0.15) is 0 Å². The van der Waals surface area contributed by atoms with Gasteiger partial charge in [0.2, 0.25) is 11.8 Å². The molecule has 170 valence electrons. The van der Waals surface area contributed by atoms with E-state index >= 15 is 0 Å². The van der Waals surface area contributed by atoms with Crippen LogP contribution in [0.3, 0.4) is 0 Å². The number of fused-ring (bicyclic) bond motifs is 1. The van der Waals surface area contributed by atoms with E-state index in [0.717, 1.165) is 22.6 Å². The van der Waals surface area contributed by atoms with E-state index < -0.39 is 11.2 Å². The summed E-state index contributed by atoms with van der Waals surface area (Å²) < 4.78 is 14.3. The molecule has 2 atom stereocenters. The fourth-order valence-electron chi connectivity index (χ4n) is 3.90. The topological polar surface area (TPSA) is 49.4 Å². The minimum absolute atomic E-state index is 0.126. The Labute approximate surface area is 198 Å². The molecular formula is C27H27FN2O2S. The number of benzene rings is 3. The molecule has 2 unspecified atom stereocenters. The van der Waals surface area contributed by atoms with Crippen LogP contribution in [0.15, 0.2) is 77.7 Å². The fourth-order valence-corrected chi connectivity index (χ4v) is 5.18. The first kappa shape index (κ1) is 23.1. The second kappa shape index (κ2) is 10.2. The largest absolute Gasteiger partial charge is 0.355 e. The van der Waals surface area contributed by atoms with Crippen molar-refractivity contribution in [1.82, 2.24) is 5.32 Å². The first-order valence-corrected chi connectivity index (χ1v) is 12.0. The Morgan fingerprint density at radius 2 is 1.76 bits per heavy atom. The number of hydrogen-bond acceptors (Lipinski definition) is 3. The predicted octanol–water partition coefficient (Wildman–Crippen LogP) is 5.14. The van der Waals surface area contributed by atoms with Crippen LogP contribution >= 0.6 is 11.8 Å². The smallest absolute Gasteiger partial charge is 0.241 e. The van der Waals surface area contributed by atoms with Crippen molar-refractivity contribution in [2.24, 2.45) is 5.92 Å². The number of para-hydroxylation sites is 1. The van der Waals surface area contributed by atoms with Crippen LogP contribution < -0.4 is 10.2 Å². The Hall–Kier alpha value is -3.12. The average molecular weight is 463 g/mol. The molecule has 3 aromatic rings. The second-order valence-corrected chi connectivity index (χ2v) is 9.52. The van der Waals surface area contributed by atoms with Crippen molar-refractivity contribution in [3.8, 4) is 0 Å². The summed E-state index contributed by atoms with van der Waals surface area (Å²) >= 11 is 1.41. The Morgan fingerprint density at radius 3 is 2.52 bits per heavy atom. The first-order chi connectivity index (χ1) is 15.9. The van der Waals surface area contributed by atoms with E-state index in [1.165, 1.54) is 23.4 Å². The monoisotopic (exact) mass is 462 g/mol. The summed E-state index contributed by atoms with van der Waals surface area (Å²) in [5, 5.41) is 2.40. The molecule has 3 aromatic carbocycles. The lowest BCUT2D eigenvalue weighted by atomic mass is 10.0. The van der Waals surface area contributed by atoms with E-state index in [1.54, 1.807) is 30.0 Å². The molecule has 1 N–H and O–H groups in total. The second-order valence-electron chi connectivity index (χ2n) is 8.34. The zero-order chi connectivity index (χ0) is 23.4. The minimum Gasteiger partial charge on any atom is -0.355 e.